The van der Waals surface area contributed by atoms with Crippen LogP contribution in [-0.4, -0.2) is 41.5 Å². The summed E-state index contributed by atoms with van der Waals surface area (Å²) in [6.45, 7) is 17.8. The number of aliphatic hydroxyl groups is 2. The highest BCUT2D eigenvalue weighted by Crippen LogP contribution is 2.39. The van der Waals surface area contributed by atoms with Crippen LogP contribution in [0.1, 0.15) is 61.3 Å². The van der Waals surface area contributed by atoms with E-state index in [9.17, 15) is 20.1 Å². The molecule has 0 saturated carbocycles. The lowest BCUT2D eigenvalue weighted by atomic mass is 9.88. The number of carboxylic acid groups (broad SMARTS) is 1. The first-order valence-corrected chi connectivity index (χ1v) is 11.9. The molecular formula is C19H38O5Si. The summed E-state index contributed by atoms with van der Waals surface area (Å²) in [5, 5.41) is 29.6. The summed E-state index contributed by atoms with van der Waals surface area (Å²) in [5.74, 6) is -3.52. The molecule has 0 saturated heterocycles. The maximum absolute atomic E-state index is 11.6. The smallest absolute Gasteiger partial charge is 0.308 e. The maximum atomic E-state index is 11.6. The molecule has 3 unspecified atom stereocenters. The van der Waals surface area contributed by atoms with Crippen molar-refractivity contribution < 1.29 is 24.5 Å². The number of carboxylic acids is 1. The van der Waals surface area contributed by atoms with Crippen LogP contribution in [0.15, 0.2) is 11.6 Å². The number of rotatable bonds is 9. The van der Waals surface area contributed by atoms with E-state index in [-0.39, 0.29) is 17.4 Å². The van der Waals surface area contributed by atoms with Gasteiger partial charge in [0.15, 0.2) is 14.1 Å². The standard InChI is InChI=1S/C19H38O5Si/c1-13(2)12-19(22,23)11-10-14(3)16(15(4)17(20)21)24-25(8,9)18(5,6)7/h12,14-16,22-23H,10-11H2,1-9H3,(H,20,21). The van der Waals surface area contributed by atoms with Crippen LogP contribution in [0.5, 0.6) is 0 Å². The summed E-state index contributed by atoms with van der Waals surface area (Å²) in [7, 11) is -2.14. The molecule has 148 valence electrons. The largest absolute Gasteiger partial charge is 0.481 e. The average Bonchev–Trinajstić information content (AvgIpc) is 2.38. The Kier molecular flexibility index (Phi) is 8.55. The molecule has 0 aliphatic carbocycles. The van der Waals surface area contributed by atoms with E-state index >= 15 is 0 Å². The molecule has 3 atom stereocenters. The van der Waals surface area contributed by atoms with E-state index in [4.69, 9.17) is 4.43 Å². The second-order valence-electron chi connectivity index (χ2n) is 9.09. The van der Waals surface area contributed by atoms with Crippen LogP contribution in [0.25, 0.3) is 0 Å². The quantitative estimate of drug-likeness (QED) is 0.320. The van der Waals surface area contributed by atoms with Gasteiger partial charge >= 0.3 is 5.97 Å². The van der Waals surface area contributed by atoms with Crippen LogP contribution in [0.2, 0.25) is 18.1 Å². The highest BCUT2D eigenvalue weighted by molar-refractivity contribution is 6.74. The summed E-state index contributed by atoms with van der Waals surface area (Å²) in [6, 6.07) is 0. The van der Waals surface area contributed by atoms with Crippen LogP contribution in [0, 0.1) is 11.8 Å². The third-order valence-corrected chi connectivity index (χ3v) is 9.64. The Hall–Kier alpha value is -0.693. The molecule has 5 nitrogen and oxygen atoms in total. The Labute approximate surface area is 154 Å². The molecule has 0 heterocycles. The highest BCUT2D eigenvalue weighted by atomic mass is 28.4. The predicted molar refractivity (Wildman–Crippen MR) is 104 cm³/mol. The van der Waals surface area contributed by atoms with Crippen molar-refractivity contribution in [2.75, 3.05) is 0 Å². The molecule has 0 radical (unpaired) electrons. The van der Waals surface area contributed by atoms with Crippen molar-refractivity contribution in [1.82, 2.24) is 0 Å². The van der Waals surface area contributed by atoms with Gasteiger partial charge in [0.1, 0.15) is 0 Å². The van der Waals surface area contributed by atoms with Gasteiger partial charge in [-0.25, -0.2) is 0 Å². The molecule has 0 fully saturated rings. The lowest BCUT2D eigenvalue weighted by molar-refractivity contribution is -0.146. The zero-order chi connectivity index (χ0) is 20.2. The van der Waals surface area contributed by atoms with E-state index in [1.807, 2.05) is 6.92 Å². The Bertz CT molecular complexity index is 473. The fourth-order valence-electron chi connectivity index (χ4n) is 2.51. The minimum absolute atomic E-state index is 0.0248. The van der Waals surface area contributed by atoms with Crippen LogP contribution >= 0.6 is 0 Å². The summed E-state index contributed by atoms with van der Waals surface area (Å²) in [6.07, 6.45) is 1.57. The van der Waals surface area contributed by atoms with E-state index < -0.39 is 32.1 Å². The molecule has 0 aromatic heterocycles. The van der Waals surface area contributed by atoms with Gasteiger partial charge in [-0.3, -0.25) is 4.79 Å². The molecule has 0 rings (SSSR count). The minimum atomic E-state index is -2.14. The molecule has 0 aliphatic rings. The van der Waals surface area contributed by atoms with Gasteiger partial charge in [0.25, 0.3) is 0 Å². The van der Waals surface area contributed by atoms with E-state index in [1.165, 1.54) is 6.08 Å². The van der Waals surface area contributed by atoms with Gasteiger partial charge in [-0.2, -0.15) is 0 Å². The van der Waals surface area contributed by atoms with Crippen molar-refractivity contribution in [2.45, 2.75) is 91.3 Å². The summed E-state index contributed by atoms with van der Waals surface area (Å²) in [5.41, 5.74) is 0.825. The van der Waals surface area contributed by atoms with Gasteiger partial charge in [0.2, 0.25) is 0 Å². The number of hydrogen-bond acceptors (Lipinski definition) is 4. The lowest BCUT2D eigenvalue weighted by Crippen LogP contribution is -2.48. The molecule has 0 amide bonds. The monoisotopic (exact) mass is 374 g/mol. The normalized spacial score (nSPS) is 16.9. The molecule has 25 heavy (non-hydrogen) atoms. The van der Waals surface area contributed by atoms with Crippen LogP contribution in [0.3, 0.4) is 0 Å². The Morgan fingerprint density at radius 3 is 2.00 bits per heavy atom. The van der Waals surface area contributed by atoms with Crippen molar-refractivity contribution in [3.63, 3.8) is 0 Å². The molecule has 6 heteroatoms. The fraction of sp³-hybridized carbons (Fsp3) is 0.842. The van der Waals surface area contributed by atoms with Gasteiger partial charge in [-0.15, -0.1) is 0 Å². The SMILES string of the molecule is CC(C)=CC(O)(O)CCC(C)C(O[Si](C)(C)C(C)(C)C)C(C)C(=O)O. The maximum Gasteiger partial charge on any atom is 0.308 e. The van der Waals surface area contributed by atoms with Crippen molar-refractivity contribution in [2.24, 2.45) is 11.8 Å². The van der Waals surface area contributed by atoms with Crippen LogP contribution < -0.4 is 0 Å². The van der Waals surface area contributed by atoms with E-state index in [0.717, 1.165) is 5.57 Å². The third-order valence-electron chi connectivity index (χ3n) is 5.17. The average molecular weight is 375 g/mol. The molecule has 0 spiro atoms. The number of hydrogen-bond donors (Lipinski definition) is 3. The molecule has 0 aliphatic heterocycles. The fourth-order valence-corrected chi connectivity index (χ4v) is 3.98. The molecular weight excluding hydrogens is 336 g/mol. The molecule has 0 aromatic rings. The Morgan fingerprint density at radius 2 is 1.64 bits per heavy atom. The van der Waals surface area contributed by atoms with Crippen molar-refractivity contribution in [3.8, 4) is 0 Å². The van der Waals surface area contributed by atoms with Gasteiger partial charge in [-0.05, 0) is 57.3 Å². The molecule has 3 N–H and O–H groups in total. The lowest BCUT2D eigenvalue weighted by Gasteiger charge is -2.42. The van der Waals surface area contributed by atoms with Crippen LogP contribution in [-0.2, 0) is 9.22 Å². The zero-order valence-corrected chi connectivity index (χ0v) is 18.4. The topological polar surface area (TPSA) is 87.0 Å². The minimum Gasteiger partial charge on any atom is -0.481 e. The first kappa shape index (κ1) is 24.3. The van der Waals surface area contributed by atoms with Crippen LogP contribution in [0.4, 0.5) is 0 Å². The molecule has 0 bridgehead atoms. The summed E-state index contributed by atoms with van der Waals surface area (Å²) < 4.78 is 6.41. The second kappa shape index (κ2) is 8.80. The van der Waals surface area contributed by atoms with Crippen molar-refractivity contribution >= 4 is 14.3 Å². The van der Waals surface area contributed by atoms with Crippen molar-refractivity contribution in [3.05, 3.63) is 11.6 Å². The Balaban J connectivity index is 5.30. The summed E-state index contributed by atoms with van der Waals surface area (Å²) in [4.78, 5) is 11.6. The Morgan fingerprint density at radius 1 is 1.16 bits per heavy atom. The zero-order valence-electron chi connectivity index (χ0n) is 17.4. The van der Waals surface area contributed by atoms with Gasteiger partial charge in [0.05, 0.1) is 12.0 Å². The predicted octanol–water partition coefficient (Wildman–Crippen LogP) is 4.16. The van der Waals surface area contributed by atoms with Gasteiger partial charge in [0, 0.05) is 6.42 Å². The van der Waals surface area contributed by atoms with E-state index in [2.05, 4.69) is 33.9 Å². The van der Waals surface area contributed by atoms with Crippen molar-refractivity contribution in [1.29, 1.82) is 0 Å². The first-order valence-electron chi connectivity index (χ1n) is 9.01. The third kappa shape index (κ3) is 8.03. The molecule has 0 aromatic carbocycles. The van der Waals surface area contributed by atoms with E-state index in [0.29, 0.717) is 6.42 Å². The summed E-state index contributed by atoms with van der Waals surface area (Å²) >= 11 is 0. The number of allylic oxidation sites excluding steroid dienone is 1. The second-order valence-corrected chi connectivity index (χ2v) is 13.8. The number of carbonyl (C=O) groups is 1. The highest BCUT2D eigenvalue weighted by Gasteiger charge is 2.42. The van der Waals surface area contributed by atoms with Gasteiger partial charge in [-0.1, -0.05) is 33.3 Å². The van der Waals surface area contributed by atoms with E-state index in [1.54, 1.807) is 20.8 Å². The van der Waals surface area contributed by atoms with Gasteiger partial charge < -0.3 is 19.7 Å². The first-order chi connectivity index (χ1) is 11.0. The number of aliphatic carboxylic acids is 1.